The van der Waals surface area contributed by atoms with Crippen molar-refractivity contribution in [3.63, 3.8) is 0 Å². The molecule has 0 aromatic carbocycles. The Hall–Kier alpha value is -1.59. The molecule has 1 N–H and O–H groups in total. The lowest BCUT2D eigenvalue weighted by atomic mass is 10.5. The number of nitriles is 2. The zero-order chi connectivity index (χ0) is 7.82. The van der Waals surface area contributed by atoms with Crippen LogP contribution in [-0.4, -0.2) is 19.5 Å². The van der Waals surface area contributed by atoms with E-state index in [-0.39, 0.29) is 12.4 Å². The molecule has 5 heteroatoms. The largest absolute Gasteiger partial charge is 0.378 e. The highest BCUT2D eigenvalue weighted by Gasteiger charge is 1.91. The van der Waals surface area contributed by atoms with Crippen LogP contribution >= 0.6 is 0 Å². The highest BCUT2D eigenvalue weighted by Crippen LogP contribution is 1.75. The Balaban J connectivity index is 3.71. The summed E-state index contributed by atoms with van der Waals surface area (Å²) in [4.78, 5) is 4.46. The van der Waals surface area contributed by atoms with Gasteiger partial charge in [-0.05, 0) is 7.05 Å². The fraction of sp³-hybridized carbons (Fsp3) is 0.400. The van der Waals surface area contributed by atoms with Gasteiger partial charge < -0.3 is 4.84 Å². The van der Waals surface area contributed by atoms with Crippen molar-refractivity contribution in [1.82, 2.24) is 5.32 Å². The highest BCUT2D eigenvalue weighted by molar-refractivity contribution is 6.09. The molecule has 0 aromatic heterocycles. The van der Waals surface area contributed by atoms with Gasteiger partial charge in [0.15, 0.2) is 6.73 Å². The molecular formula is C5H6N4O. The predicted octanol–water partition coefficient (Wildman–Crippen LogP) is -0.417. The van der Waals surface area contributed by atoms with Crippen molar-refractivity contribution in [2.75, 3.05) is 13.8 Å². The zero-order valence-corrected chi connectivity index (χ0v) is 5.46. The Morgan fingerprint density at radius 1 is 1.60 bits per heavy atom. The van der Waals surface area contributed by atoms with E-state index in [4.69, 9.17) is 10.5 Å². The lowest BCUT2D eigenvalue weighted by Crippen LogP contribution is -2.09. The molecule has 0 bridgehead atoms. The minimum atomic E-state index is -0.282. The van der Waals surface area contributed by atoms with Gasteiger partial charge in [-0.15, -0.1) is 0 Å². The normalized spacial score (nSPS) is 7.10. The zero-order valence-electron chi connectivity index (χ0n) is 5.46. The van der Waals surface area contributed by atoms with E-state index in [1.165, 1.54) is 0 Å². The van der Waals surface area contributed by atoms with E-state index in [0.29, 0.717) is 0 Å². The van der Waals surface area contributed by atoms with Crippen LogP contribution in [0.1, 0.15) is 0 Å². The molecule has 0 heterocycles. The molecule has 0 aromatic rings. The van der Waals surface area contributed by atoms with Crippen molar-refractivity contribution in [2.24, 2.45) is 5.16 Å². The predicted molar refractivity (Wildman–Crippen MR) is 33.7 cm³/mol. The molecule has 52 valence electrons. The topological polar surface area (TPSA) is 81.2 Å². The van der Waals surface area contributed by atoms with E-state index in [1.54, 1.807) is 19.2 Å². The van der Waals surface area contributed by atoms with E-state index in [0.717, 1.165) is 0 Å². The van der Waals surface area contributed by atoms with Gasteiger partial charge in [-0.1, -0.05) is 5.16 Å². The van der Waals surface area contributed by atoms with Gasteiger partial charge in [-0.3, -0.25) is 5.32 Å². The van der Waals surface area contributed by atoms with Gasteiger partial charge in [0.05, 0.1) is 0 Å². The average molecular weight is 138 g/mol. The molecule has 0 saturated carbocycles. The molecule has 0 aliphatic carbocycles. The molecule has 0 atom stereocenters. The molecule has 0 aliphatic heterocycles. The van der Waals surface area contributed by atoms with Gasteiger partial charge in [0, 0.05) is 0 Å². The van der Waals surface area contributed by atoms with Crippen molar-refractivity contribution < 1.29 is 4.84 Å². The van der Waals surface area contributed by atoms with Crippen molar-refractivity contribution in [2.45, 2.75) is 0 Å². The van der Waals surface area contributed by atoms with Gasteiger partial charge in [0.25, 0.3) is 5.71 Å². The summed E-state index contributed by atoms with van der Waals surface area (Å²) in [6, 6.07) is 3.09. The number of oxime groups is 1. The summed E-state index contributed by atoms with van der Waals surface area (Å²) in [5.74, 6) is 0. The summed E-state index contributed by atoms with van der Waals surface area (Å²) in [6.45, 7) is 0.187. The smallest absolute Gasteiger partial charge is 0.256 e. The SMILES string of the molecule is CNCON=C(C#N)C#N. The Labute approximate surface area is 58.5 Å². The van der Waals surface area contributed by atoms with E-state index in [9.17, 15) is 0 Å². The van der Waals surface area contributed by atoms with Gasteiger partial charge >= 0.3 is 0 Å². The second-order valence-electron chi connectivity index (χ2n) is 1.29. The molecule has 0 fully saturated rings. The summed E-state index contributed by atoms with van der Waals surface area (Å²) in [5, 5.41) is 22.0. The van der Waals surface area contributed by atoms with E-state index in [1.807, 2.05) is 0 Å². The molecule has 5 nitrogen and oxygen atoms in total. The Morgan fingerprint density at radius 2 is 2.20 bits per heavy atom. The first-order valence-corrected chi connectivity index (χ1v) is 2.50. The summed E-state index contributed by atoms with van der Waals surface area (Å²) < 4.78 is 0. The van der Waals surface area contributed by atoms with Crippen LogP contribution < -0.4 is 5.32 Å². The number of nitrogens with zero attached hydrogens (tertiary/aromatic N) is 3. The Kier molecular flexibility index (Phi) is 4.66. The lowest BCUT2D eigenvalue weighted by molar-refractivity contribution is 0.132. The third kappa shape index (κ3) is 3.42. The summed E-state index contributed by atoms with van der Waals surface area (Å²) in [7, 11) is 1.66. The minimum absolute atomic E-state index is 0.187. The van der Waals surface area contributed by atoms with Crippen LogP contribution in [0, 0.1) is 22.7 Å². The number of nitrogens with one attached hydrogen (secondary N) is 1. The molecule has 0 spiro atoms. The highest BCUT2D eigenvalue weighted by atomic mass is 16.6. The third-order valence-electron chi connectivity index (χ3n) is 0.577. The Morgan fingerprint density at radius 3 is 2.60 bits per heavy atom. The average Bonchev–Trinajstić information content (AvgIpc) is 1.99. The second kappa shape index (κ2) is 5.54. The monoisotopic (exact) mass is 138 g/mol. The summed E-state index contributed by atoms with van der Waals surface area (Å²) in [6.07, 6.45) is 0. The maximum Gasteiger partial charge on any atom is 0.256 e. The van der Waals surface area contributed by atoms with Gasteiger partial charge in [-0.2, -0.15) is 10.5 Å². The van der Waals surface area contributed by atoms with Crippen LogP contribution in [0.25, 0.3) is 0 Å². The van der Waals surface area contributed by atoms with Crippen molar-refractivity contribution in [1.29, 1.82) is 10.5 Å². The maximum absolute atomic E-state index is 8.12. The molecule has 0 aliphatic rings. The van der Waals surface area contributed by atoms with E-state index in [2.05, 4.69) is 15.3 Å². The van der Waals surface area contributed by atoms with Crippen LogP contribution in [0.5, 0.6) is 0 Å². The lowest BCUT2D eigenvalue weighted by Gasteiger charge is -1.92. The number of rotatable bonds is 3. The fourth-order valence-electron chi connectivity index (χ4n) is 0.227. The third-order valence-corrected chi connectivity index (χ3v) is 0.577. The van der Waals surface area contributed by atoms with Gasteiger partial charge in [0.2, 0.25) is 0 Å². The molecule has 0 radical (unpaired) electrons. The first kappa shape index (κ1) is 8.41. The van der Waals surface area contributed by atoms with Gasteiger partial charge in [0.1, 0.15) is 12.1 Å². The standard InChI is InChI=1S/C5H6N4O/c1-8-4-10-9-5(2-6)3-7/h8H,4H2,1H3. The summed E-state index contributed by atoms with van der Waals surface area (Å²) >= 11 is 0. The molecule has 0 unspecified atom stereocenters. The number of hydrogen-bond donors (Lipinski definition) is 1. The van der Waals surface area contributed by atoms with Crippen LogP contribution in [0.4, 0.5) is 0 Å². The van der Waals surface area contributed by atoms with E-state index >= 15 is 0 Å². The van der Waals surface area contributed by atoms with Crippen LogP contribution in [0.15, 0.2) is 5.16 Å². The van der Waals surface area contributed by atoms with Crippen molar-refractivity contribution >= 4 is 5.71 Å². The first-order valence-electron chi connectivity index (χ1n) is 2.50. The first-order chi connectivity index (χ1) is 4.85. The molecule has 10 heavy (non-hydrogen) atoms. The van der Waals surface area contributed by atoms with Crippen molar-refractivity contribution in [3.05, 3.63) is 0 Å². The van der Waals surface area contributed by atoms with Crippen molar-refractivity contribution in [3.8, 4) is 12.1 Å². The molecule has 0 saturated heterocycles. The quantitative estimate of drug-likeness (QED) is 0.248. The molecular weight excluding hydrogens is 132 g/mol. The summed E-state index contributed by atoms with van der Waals surface area (Å²) in [5.41, 5.74) is -0.282. The van der Waals surface area contributed by atoms with Gasteiger partial charge in [-0.25, -0.2) is 0 Å². The minimum Gasteiger partial charge on any atom is -0.378 e. The molecule has 0 amide bonds. The number of hydrogen-bond acceptors (Lipinski definition) is 5. The van der Waals surface area contributed by atoms with Crippen LogP contribution in [-0.2, 0) is 4.84 Å². The van der Waals surface area contributed by atoms with Crippen LogP contribution in [0.2, 0.25) is 0 Å². The maximum atomic E-state index is 8.12. The fourth-order valence-corrected chi connectivity index (χ4v) is 0.227. The Bertz CT molecular complexity index is 181. The second-order valence-corrected chi connectivity index (χ2v) is 1.29. The molecule has 0 rings (SSSR count). The van der Waals surface area contributed by atoms with E-state index < -0.39 is 0 Å². The van der Waals surface area contributed by atoms with Crippen LogP contribution in [0.3, 0.4) is 0 Å².